The molecule has 4 rings (SSSR count). The number of rotatable bonds is 7. The molecule has 2 amide bonds. The summed E-state index contributed by atoms with van der Waals surface area (Å²) in [4.78, 5) is 36.6. The highest BCUT2D eigenvalue weighted by Gasteiger charge is 2.47. The van der Waals surface area contributed by atoms with Crippen LogP contribution < -0.4 is 10.6 Å². The maximum absolute atomic E-state index is 12.6. The molecule has 0 bridgehead atoms. The fourth-order valence-electron chi connectivity index (χ4n) is 4.52. The number of aliphatic carboxylic acids is 1. The molecule has 2 aromatic rings. The van der Waals surface area contributed by atoms with Crippen LogP contribution in [0.5, 0.6) is 0 Å². The lowest BCUT2D eigenvalue weighted by molar-refractivity contribution is -0.145. The number of hydrogen-bond donors (Lipinski definition) is 3. The van der Waals surface area contributed by atoms with Crippen LogP contribution in [0.4, 0.5) is 4.79 Å². The summed E-state index contributed by atoms with van der Waals surface area (Å²) >= 11 is 0. The number of carbonyl (C=O) groups excluding carboxylic acids is 2. The minimum Gasteiger partial charge on any atom is -0.480 e. The van der Waals surface area contributed by atoms with E-state index < -0.39 is 35.0 Å². The Morgan fingerprint density at radius 2 is 1.58 bits per heavy atom. The number of ether oxygens (including phenoxy) is 1. The van der Waals surface area contributed by atoms with E-state index in [1.165, 1.54) is 0 Å². The van der Waals surface area contributed by atoms with Crippen LogP contribution in [0.25, 0.3) is 11.1 Å². The number of nitrogens with one attached hydrogen (secondary N) is 2. The maximum atomic E-state index is 12.6. The van der Waals surface area contributed by atoms with Gasteiger partial charge in [-0.25, -0.2) is 9.59 Å². The number of hydrogen-bond acceptors (Lipinski definition) is 4. The third-order valence-electron chi connectivity index (χ3n) is 6.48. The number of carboxylic acids is 1. The number of fused-ring (bicyclic) bond motifs is 3. The van der Waals surface area contributed by atoms with Gasteiger partial charge < -0.3 is 20.5 Å². The number of alkyl carbamates (subject to hydrolysis) is 1. The SMILES string of the molecule is CC(C)(C)[C@@H](NC(=O)CC1(NC(=O)OCC2c3ccccc3-c3ccccc32)CC1)C(=O)O. The summed E-state index contributed by atoms with van der Waals surface area (Å²) < 4.78 is 5.59. The van der Waals surface area contributed by atoms with Gasteiger partial charge in [0.2, 0.25) is 5.91 Å². The van der Waals surface area contributed by atoms with Crippen molar-refractivity contribution < 1.29 is 24.2 Å². The summed E-state index contributed by atoms with van der Waals surface area (Å²) in [7, 11) is 0. The first-order valence-electron chi connectivity index (χ1n) is 11.2. The molecule has 7 nitrogen and oxygen atoms in total. The van der Waals surface area contributed by atoms with Crippen LogP contribution in [0, 0.1) is 5.41 Å². The molecule has 7 heteroatoms. The van der Waals surface area contributed by atoms with E-state index in [4.69, 9.17) is 4.74 Å². The van der Waals surface area contributed by atoms with Crippen molar-refractivity contribution in [3.8, 4) is 11.1 Å². The van der Waals surface area contributed by atoms with Crippen LogP contribution in [0.2, 0.25) is 0 Å². The zero-order valence-electron chi connectivity index (χ0n) is 19.2. The fourth-order valence-corrected chi connectivity index (χ4v) is 4.52. The summed E-state index contributed by atoms with van der Waals surface area (Å²) in [6.45, 7) is 5.48. The summed E-state index contributed by atoms with van der Waals surface area (Å²) in [5.41, 5.74) is 3.28. The van der Waals surface area contributed by atoms with E-state index in [9.17, 15) is 19.5 Å². The van der Waals surface area contributed by atoms with Gasteiger partial charge in [-0.1, -0.05) is 69.3 Å². The number of carboxylic acid groups (broad SMARTS) is 1. The first kappa shape index (κ1) is 22.8. The van der Waals surface area contributed by atoms with Gasteiger partial charge >= 0.3 is 12.1 Å². The Labute approximate surface area is 193 Å². The standard InChI is InChI=1S/C26H30N2O5/c1-25(2,3)22(23(30)31)27-21(29)14-26(12-13-26)28-24(32)33-15-20-18-10-6-4-8-16(18)17-9-5-7-11-19(17)20/h4-11,20,22H,12-15H2,1-3H3,(H,27,29)(H,28,32)(H,30,31)/t22-/m0/s1. The molecule has 1 fully saturated rings. The van der Waals surface area contributed by atoms with Gasteiger partial charge in [0.15, 0.2) is 0 Å². The maximum Gasteiger partial charge on any atom is 0.407 e. The Morgan fingerprint density at radius 3 is 2.06 bits per heavy atom. The molecule has 2 aliphatic rings. The monoisotopic (exact) mass is 450 g/mol. The average Bonchev–Trinajstić information content (AvgIpc) is 3.41. The summed E-state index contributed by atoms with van der Waals surface area (Å²) in [5, 5.41) is 14.9. The number of amides is 2. The van der Waals surface area contributed by atoms with Crippen molar-refractivity contribution in [3.05, 3.63) is 59.7 Å². The van der Waals surface area contributed by atoms with Gasteiger partial charge in [-0.2, -0.15) is 0 Å². The van der Waals surface area contributed by atoms with Crippen LogP contribution in [0.3, 0.4) is 0 Å². The molecule has 0 radical (unpaired) electrons. The van der Waals surface area contributed by atoms with Crippen molar-refractivity contribution in [2.24, 2.45) is 5.41 Å². The first-order chi connectivity index (χ1) is 15.6. The quantitative estimate of drug-likeness (QED) is 0.590. The van der Waals surface area contributed by atoms with Crippen LogP contribution in [-0.4, -0.2) is 41.3 Å². The van der Waals surface area contributed by atoms with Crippen LogP contribution >= 0.6 is 0 Å². The van der Waals surface area contributed by atoms with Crippen LogP contribution in [0.1, 0.15) is 57.1 Å². The molecule has 0 aromatic heterocycles. The lowest BCUT2D eigenvalue weighted by Gasteiger charge is -2.28. The Bertz CT molecular complexity index is 1040. The van der Waals surface area contributed by atoms with Gasteiger partial charge in [0.25, 0.3) is 0 Å². The lowest BCUT2D eigenvalue weighted by Crippen LogP contribution is -2.51. The molecule has 2 aromatic carbocycles. The minimum absolute atomic E-state index is 0.0249. The zero-order valence-corrected chi connectivity index (χ0v) is 19.2. The molecule has 1 atom stereocenters. The van der Waals surface area contributed by atoms with Crippen molar-refractivity contribution in [2.45, 2.75) is 57.5 Å². The van der Waals surface area contributed by atoms with Crippen molar-refractivity contribution in [1.82, 2.24) is 10.6 Å². The number of carbonyl (C=O) groups is 3. The Hall–Kier alpha value is -3.35. The van der Waals surface area contributed by atoms with E-state index in [1.54, 1.807) is 20.8 Å². The van der Waals surface area contributed by atoms with Gasteiger partial charge in [0.1, 0.15) is 12.6 Å². The van der Waals surface area contributed by atoms with Crippen molar-refractivity contribution in [2.75, 3.05) is 6.61 Å². The average molecular weight is 451 g/mol. The molecular formula is C26H30N2O5. The lowest BCUT2D eigenvalue weighted by atomic mass is 9.86. The largest absolute Gasteiger partial charge is 0.480 e. The smallest absolute Gasteiger partial charge is 0.407 e. The Balaban J connectivity index is 1.35. The molecule has 33 heavy (non-hydrogen) atoms. The molecule has 174 valence electrons. The molecule has 0 heterocycles. The van der Waals surface area contributed by atoms with Gasteiger partial charge in [-0.05, 0) is 40.5 Å². The van der Waals surface area contributed by atoms with Crippen LogP contribution in [-0.2, 0) is 14.3 Å². The Kier molecular flexibility index (Phi) is 5.91. The van der Waals surface area contributed by atoms with E-state index in [2.05, 4.69) is 34.9 Å². The second-order valence-electron chi connectivity index (χ2n) is 10.1. The normalized spacial score (nSPS) is 16.8. The Morgan fingerprint density at radius 1 is 1.03 bits per heavy atom. The van der Waals surface area contributed by atoms with E-state index >= 15 is 0 Å². The van der Waals surface area contributed by atoms with Crippen molar-refractivity contribution in [1.29, 1.82) is 0 Å². The molecule has 0 saturated heterocycles. The highest BCUT2D eigenvalue weighted by atomic mass is 16.5. The van der Waals surface area contributed by atoms with Crippen LogP contribution in [0.15, 0.2) is 48.5 Å². The second kappa shape index (κ2) is 8.54. The molecule has 3 N–H and O–H groups in total. The molecular weight excluding hydrogens is 420 g/mol. The topological polar surface area (TPSA) is 105 Å². The van der Waals surface area contributed by atoms with Crippen molar-refractivity contribution >= 4 is 18.0 Å². The minimum atomic E-state index is -1.08. The first-order valence-corrected chi connectivity index (χ1v) is 11.2. The van der Waals surface area contributed by atoms with Gasteiger partial charge in [-0.3, -0.25) is 4.79 Å². The summed E-state index contributed by atoms with van der Waals surface area (Å²) in [5.74, 6) is -1.51. The molecule has 1 saturated carbocycles. The van der Waals surface area contributed by atoms with Crippen molar-refractivity contribution in [3.63, 3.8) is 0 Å². The third kappa shape index (κ3) is 4.87. The van der Waals surface area contributed by atoms with E-state index in [0.29, 0.717) is 12.8 Å². The molecule has 0 spiro atoms. The predicted molar refractivity (Wildman–Crippen MR) is 124 cm³/mol. The number of benzene rings is 2. The highest BCUT2D eigenvalue weighted by molar-refractivity contribution is 5.85. The second-order valence-corrected chi connectivity index (χ2v) is 10.1. The van der Waals surface area contributed by atoms with Gasteiger partial charge in [-0.15, -0.1) is 0 Å². The molecule has 0 aliphatic heterocycles. The fraction of sp³-hybridized carbons (Fsp3) is 0.423. The predicted octanol–water partition coefficient (Wildman–Crippen LogP) is 4.06. The zero-order chi connectivity index (χ0) is 23.8. The third-order valence-corrected chi connectivity index (χ3v) is 6.48. The van der Waals surface area contributed by atoms with Gasteiger partial charge in [0, 0.05) is 12.3 Å². The summed E-state index contributed by atoms with van der Waals surface area (Å²) in [6, 6.07) is 15.2. The van der Waals surface area contributed by atoms with E-state index in [1.807, 2.05) is 24.3 Å². The van der Waals surface area contributed by atoms with E-state index in [-0.39, 0.29) is 18.9 Å². The highest BCUT2D eigenvalue weighted by Crippen LogP contribution is 2.44. The van der Waals surface area contributed by atoms with Gasteiger partial charge in [0.05, 0.1) is 5.54 Å². The summed E-state index contributed by atoms with van der Waals surface area (Å²) in [6.07, 6.45) is 0.764. The molecule has 2 aliphatic carbocycles. The van der Waals surface area contributed by atoms with E-state index in [0.717, 1.165) is 22.3 Å². The molecule has 0 unspecified atom stereocenters.